The molecule has 0 radical (unpaired) electrons. The zero-order chi connectivity index (χ0) is 14.2. The van der Waals surface area contributed by atoms with Gasteiger partial charge in [-0.25, -0.2) is 4.98 Å². The van der Waals surface area contributed by atoms with Crippen LogP contribution in [-0.4, -0.2) is 40.1 Å². The van der Waals surface area contributed by atoms with Crippen molar-refractivity contribution >= 4 is 48.6 Å². The van der Waals surface area contributed by atoms with Gasteiger partial charge < -0.3 is 9.64 Å². The second-order valence-electron chi connectivity index (χ2n) is 5.99. The molecule has 134 valence electrons. The third-order valence-electron chi connectivity index (χ3n) is 4.75. The first-order valence-corrected chi connectivity index (χ1v) is 8.36. The summed E-state index contributed by atoms with van der Waals surface area (Å²) >= 11 is 1.62. The predicted octanol–water partition coefficient (Wildman–Crippen LogP) is 4.47. The number of aromatic nitrogens is 2. The lowest BCUT2D eigenvalue weighted by Gasteiger charge is -2.35. The van der Waals surface area contributed by atoms with E-state index in [1.165, 1.54) is 12.8 Å². The van der Waals surface area contributed by atoms with Crippen molar-refractivity contribution in [2.24, 2.45) is 0 Å². The summed E-state index contributed by atoms with van der Waals surface area (Å²) in [4.78, 5) is 12.2. The molecule has 4 rings (SSSR count). The average Bonchev–Trinajstić information content (AvgIpc) is 3.03. The maximum Gasteiger partial charge on any atom is 0.273 e. The quantitative estimate of drug-likeness (QED) is 0.748. The van der Waals surface area contributed by atoms with Gasteiger partial charge in [0.1, 0.15) is 6.10 Å². The summed E-state index contributed by atoms with van der Waals surface area (Å²) in [6, 6.07) is 5.41. The number of hydrogen-bond acceptors (Lipinski definition) is 5. The van der Waals surface area contributed by atoms with Crippen LogP contribution in [0.2, 0.25) is 0 Å². The number of rotatable bonds is 3. The summed E-state index contributed by atoms with van der Waals surface area (Å²) in [5.41, 5.74) is 1.10. The van der Waals surface area contributed by atoms with Gasteiger partial charge in [-0.05, 0) is 38.8 Å². The molecule has 2 aromatic heterocycles. The summed E-state index contributed by atoms with van der Waals surface area (Å²) in [7, 11) is 2.25. The number of fused-ring (bicyclic) bond motifs is 2. The van der Waals surface area contributed by atoms with Gasteiger partial charge in [-0.2, -0.15) is 0 Å². The van der Waals surface area contributed by atoms with Gasteiger partial charge in [0.2, 0.25) is 0 Å². The summed E-state index contributed by atoms with van der Waals surface area (Å²) < 4.78 is 6.15. The molecule has 0 saturated carbocycles. The van der Waals surface area contributed by atoms with E-state index in [2.05, 4.69) is 28.0 Å². The van der Waals surface area contributed by atoms with Crippen LogP contribution in [0.5, 0.6) is 5.19 Å². The molecule has 0 aliphatic carbocycles. The van der Waals surface area contributed by atoms with E-state index in [4.69, 9.17) is 4.74 Å². The Morgan fingerprint density at radius 1 is 1.12 bits per heavy atom. The third kappa shape index (κ3) is 4.33. The van der Waals surface area contributed by atoms with Crippen molar-refractivity contribution in [2.45, 2.75) is 43.9 Å². The highest BCUT2D eigenvalue weighted by Gasteiger charge is 2.39. The highest BCUT2D eigenvalue weighted by atomic mass is 35.5. The van der Waals surface area contributed by atoms with Crippen LogP contribution >= 0.6 is 48.6 Å². The number of piperidine rings is 1. The van der Waals surface area contributed by atoms with Crippen LogP contribution in [0.3, 0.4) is 0 Å². The van der Waals surface area contributed by atoms with Crippen molar-refractivity contribution in [2.75, 3.05) is 7.05 Å². The topological polar surface area (TPSA) is 38.2 Å². The van der Waals surface area contributed by atoms with E-state index in [9.17, 15) is 0 Å². The molecule has 2 aromatic rings. The molecular weight excluding hydrogens is 389 g/mol. The van der Waals surface area contributed by atoms with Crippen molar-refractivity contribution in [1.82, 2.24) is 14.9 Å². The number of hydrogen-bond donors (Lipinski definition) is 0. The lowest BCUT2D eigenvalue weighted by molar-refractivity contribution is 0.0660. The monoisotopic (exact) mass is 409 g/mol. The number of pyridine rings is 1. The van der Waals surface area contributed by atoms with Gasteiger partial charge in [0, 0.05) is 36.2 Å². The van der Waals surface area contributed by atoms with Crippen molar-refractivity contribution in [3.05, 3.63) is 30.7 Å². The van der Waals surface area contributed by atoms with E-state index in [1.807, 2.05) is 18.5 Å². The molecule has 0 aromatic carbocycles. The molecule has 2 saturated heterocycles. The van der Waals surface area contributed by atoms with Gasteiger partial charge in [0.25, 0.3) is 5.19 Å². The van der Waals surface area contributed by atoms with E-state index >= 15 is 0 Å². The van der Waals surface area contributed by atoms with Crippen LogP contribution in [-0.2, 0) is 0 Å². The second kappa shape index (κ2) is 9.20. The van der Waals surface area contributed by atoms with Crippen molar-refractivity contribution < 1.29 is 4.74 Å². The molecule has 24 heavy (non-hydrogen) atoms. The first kappa shape index (κ1) is 21.5. The minimum absolute atomic E-state index is 0. The normalized spacial score (nSPS) is 25.1. The van der Waals surface area contributed by atoms with E-state index in [1.54, 1.807) is 17.5 Å². The Labute approximate surface area is 165 Å². The fraction of sp³-hybridized carbons (Fsp3) is 0.500. The molecule has 4 nitrogen and oxygen atoms in total. The Balaban J connectivity index is 0.000000960. The zero-order valence-corrected chi connectivity index (χ0v) is 16.6. The standard InChI is InChI=1S/C16H19N3OS.3ClH/c1-19-12-4-5-13(19)8-14(7-12)20-16-18-10-15(21-16)11-3-2-6-17-9-11;;;/h2-3,6,9-10,12-14H,4-5,7-8H2,1H3;3*1H. The average molecular weight is 411 g/mol. The first-order chi connectivity index (χ1) is 10.3. The molecule has 0 amide bonds. The number of ether oxygens (including phenoxy) is 1. The van der Waals surface area contributed by atoms with E-state index in [0.717, 1.165) is 28.5 Å². The van der Waals surface area contributed by atoms with Crippen LogP contribution in [0.15, 0.2) is 30.7 Å². The van der Waals surface area contributed by atoms with Gasteiger partial charge in [-0.3, -0.25) is 4.98 Å². The van der Waals surface area contributed by atoms with Gasteiger partial charge in [-0.1, -0.05) is 17.4 Å². The lowest BCUT2D eigenvalue weighted by atomic mass is 10.0. The fourth-order valence-electron chi connectivity index (χ4n) is 3.55. The summed E-state index contributed by atoms with van der Waals surface area (Å²) in [6.07, 6.45) is 10.8. The van der Waals surface area contributed by atoms with Gasteiger partial charge in [0.05, 0.1) is 4.88 Å². The Hall–Kier alpha value is -0.590. The van der Waals surface area contributed by atoms with E-state index < -0.39 is 0 Å². The Bertz CT molecular complexity index is 614. The SMILES string of the molecule is CN1C2CCC1CC(Oc1ncc(-c3cccnc3)s1)C2.Cl.Cl.Cl. The number of thiazole rings is 1. The molecule has 2 aliphatic heterocycles. The maximum absolute atomic E-state index is 6.15. The number of halogens is 3. The summed E-state index contributed by atoms with van der Waals surface area (Å²) in [6.45, 7) is 0. The van der Waals surface area contributed by atoms with Crippen LogP contribution in [0.25, 0.3) is 10.4 Å². The molecule has 2 atom stereocenters. The molecule has 0 N–H and O–H groups in total. The van der Waals surface area contributed by atoms with Crippen molar-refractivity contribution in [1.29, 1.82) is 0 Å². The Morgan fingerprint density at radius 3 is 2.46 bits per heavy atom. The zero-order valence-electron chi connectivity index (χ0n) is 13.3. The highest BCUT2D eigenvalue weighted by molar-refractivity contribution is 7.16. The Morgan fingerprint density at radius 2 is 1.83 bits per heavy atom. The molecule has 4 heterocycles. The molecule has 8 heteroatoms. The molecule has 0 spiro atoms. The predicted molar refractivity (Wildman–Crippen MR) is 105 cm³/mol. The maximum atomic E-state index is 6.15. The smallest absolute Gasteiger partial charge is 0.273 e. The number of nitrogens with zero attached hydrogens (tertiary/aromatic N) is 3. The van der Waals surface area contributed by atoms with Gasteiger partial charge >= 0.3 is 0 Å². The van der Waals surface area contributed by atoms with Crippen LogP contribution < -0.4 is 4.74 Å². The largest absolute Gasteiger partial charge is 0.467 e. The van der Waals surface area contributed by atoms with Gasteiger partial charge in [0.15, 0.2) is 0 Å². The molecule has 2 unspecified atom stereocenters. The van der Waals surface area contributed by atoms with Crippen LogP contribution in [0, 0.1) is 0 Å². The van der Waals surface area contributed by atoms with E-state index in [-0.39, 0.29) is 37.2 Å². The lowest BCUT2D eigenvalue weighted by Crippen LogP contribution is -2.43. The molecule has 2 bridgehead atoms. The van der Waals surface area contributed by atoms with Crippen LogP contribution in [0.1, 0.15) is 25.7 Å². The summed E-state index contributed by atoms with van der Waals surface area (Å²) in [5, 5.41) is 0.794. The van der Waals surface area contributed by atoms with Crippen LogP contribution in [0.4, 0.5) is 0 Å². The fourth-order valence-corrected chi connectivity index (χ4v) is 4.38. The van der Waals surface area contributed by atoms with Crippen molar-refractivity contribution in [3.8, 4) is 15.6 Å². The summed E-state index contributed by atoms with van der Waals surface area (Å²) in [5.74, 6) is 0. The second-order valence-corrected chi connectivity index (χ2v) is 6.99. The first-order valence-electron chi connectivity index (χ1n) is 7.54. The minimum Gasteiger partial charge on any atom is -0.467 e. The van der Waals surface area contributed by atoms with Gasteiger partial charge in [-0.15, -0.1) is 37.2 Å². The Kier molecular flexibility index (Phi) is 8.23. The molecular formula is C16H22Cl3N3OS. The van der Waals surface area contributed by atoms with E-state index in [0.29, 0.717) is 18.2 Å². The highest BCUT2D eigenvalue weighted by Crippen LogP contribution is 2.37. The molecule has 2 fully saturated rings. The third-order valence-corrected chi connectivity index (χ3v) is 5.69. The minimum atomic E-state index is 0. The van der Waals surface area contributed by atoms with Crippen molar-refractivity contribution in [3.63, 3.8) is 0 Å². The molecule has 2 aliphatic rings.